The molecule has 0 unspecified atom stereocenters. The number of likely N-dealkylation sites (tertiary alicyclic amines) is 1. The monoisotopic (exact) mass is 475 g/mol. The van der Waals surface area contributed by atoms with E-state index in [0.717, 1.165) is 47.8 Å². The van der Waals surface area contributed by atoms with Crippen LogP contribution in [0.3, 0.4) is 0 Å². The number of unbranched alkanes of at least 4 members (excludes halogenated alkanes) is 1. The SMILES string of the molecule is C=CN=CCCCc1nc2c(C)cccc2[nH]1.CC.CC(C)CCSN.CN1CCCCC1. The number of imidazole rings is 1. The molecule has 3 N–H and O–H groups in total. The fourth-order valence-corrected chi connectivity index (χ4v) is 3.82. The highest BCUT2D eigenvalue weighted by atomic mass is 32.2. The number of aryl methyl sites for hydroxylation is 2. The van der Waals surface area contributed by atoms with Crippen molar-refractivity contribution in [2.75, 3.05) is 25.9 Å². The zero-order chi connectivity index (χ0) is 24.9. The van der Waals surface area contributed by atoms with Crippen LogP contribution in [-0.4, -0.2) is 47.0 Å². The van der Waals surface area contributed by atoms with Gasteiger partial charge in [-0.1, -0.05) is 64.8 Å². The van der Waals surface area contributed by atoms with Gasteiger partial charge >= 0.3 is 0 Å². The summed E-state index contributed by atoms with van der Waals surface area (Å²) in [7, 11) is 2.19. The van der Waals surface area contributed by atoms with Crippen LogP contribution < -0.4 is 5.14 Å². The summed E-state index contributed by atoms with van der Waals surface area (Å²) in [4.78, 5) is 14.3. The smallest absolute Gasteiger partial charge is 0.107 e. The first kappa shape index (κ1) is 31.4. The van der Waals surface area contributed by atoms with E-state index in [-0.39, 0.29) is 0 Å². The number of nitrogens with one attached hydrogen (secondary N) is 1. The molecule has 1 saturated heterocycles. The zero-order valence-electron chi connectivity index (χ0n) is 22.1. The van der Waals surface area contributed by atoms with Gasteiger partial charge in [0.1, 0.15) is 5.82 Å². The van der Waals surface area contributed by atoms with E-state index in [1.54, 1.807) is 6.20 Å². The predicted molar refractivity (Wildman–Crippen MR) is 151 cm³/mol. The van der Waals surface area contributed by atoms with Crippen LogP contribution in [0.15, 0.2) is 36.0 Å². The maximum atomic E-state index is 5.19. The van der Waals surface area contributed by atoms with Gasteiger partial charge in [-0.15, -0.1) is 0 Å². The number of benzene rings is 1. The number of para-hydroxylation sites is 1. The molecule has 0 aliphatic carbocycles. The van der Waals surface area contributed by atoms with Crippen molar-refractivity contribution >= 4 is 29.2 Å². The molecule has 0 atom stereocenters. The standard InChI is InChI=1S/C14H17N3.C6H13N.C5H13NS.C2H6/c1-3-15-10-5-4-9-13-16-12-8-6-7-11(2)14(12)17-13;1-7-5-3-2-4-6-7;1-5(2)3-4-7-6;1-2/h3,6-8,10H,1,4-5,9H2,2H3,(H,16,17);2-6H2,1H3;5H,3-4,6H2,1-2H3;1-2H3. The number of fused-ring (bicyclic) bond motifs is 1. The molecule has 33 heavy (non-hydrogen) atoms. The minimum atomic E-state index is 0.802. The summed E-state index contributed by atoms with van der Waals surface area (Å²) in [5, 5.41) is 5.19. The van der Waals surface area contributed by atoms with Crippen molar-refractivity contribution in [1.29, 1.82) is 0 Å². The molecule has 0 spiro atoms. The Labute approximate surface area is 207 Å². The van der Waals surface area contributed by atoms with E-state index in [1.807, 2.05) is 20.1 Å². The van der Waals surface area contributed by atoms with Gasteiger partial charge < -0.3 is 9.88 Å². The van der Waals surface area contributed by atoms with Crippen LogP contribution in [0.1, 0.15) is 77.6 Å². The Morgan fingerprint density at radius 3 is 2.42 bits per heavy atom. The number of nitrogens with zero attached hydrogens (tertiary/aromatic N) is 3. The molecular weight excluding hydrogens is 426 g/mol. The number of aromatic amines is 1. The summed E-state index contributed by atoms with van der Waals surface area (Å²) >= 11 is 1.43. The summed E-state index contributed by atoms with van der Waals surface area (Å²) < 4.78 is 0. The van der Waals surface area contributed by atoms with E-state index in [2.05, 4.69) is 72.5 Å². The largest absolute Gasteiger partial charge is 0.342 e. The van der Waals surface area contributed by atoms with Crippen molar-refractivity contribution in [3.8, 4) is 0 Å². The molecule has 2 heterocycles. The number of hydrogen-bond acceptors (Lipinski definition) is 5. The molecule has 0 amide bonds. The van der Waals surface area contributed by atoms with Crippen molar-refractivity contribution in [3.63, 3.8) is 0 Å². The molecule has 0 saturated carbocycles. The number of aromatic nitrogens is 2. The van der Waals surface area contributed by atoms with Crippen molar-refractivity contribution in [3.05, 3.63) is 42.4 Å². The second-order valence-electron chi connectivity index (χ2n) is 8.48. The molecule has 6 heteroatoms. The first-order valence-corrected chi connectivity index (χ1v) is 13.6. The first-order chi connectivity index (χ1) is 16.0. The minimum Gasteiger partial charge on any atom is -0.342 e. The third-order valence-electron chi connectivity index (χ3n) is 5.11. The molecule has 0 radical (unpaired) electrons. The van der Waals surface area contributed by atoms with Crippen LogP contribution in [0, 0.1) is 12.8 Å². The maximum absolute atomic E-state index is 5.19. The fraction of sp³-hybridized carbons (Fsp3) is 0.630. The predicted octanol–water partition coefficient (Wildman–Crippen LogP) is 7.18. The second kappa shape index (κ2) is 20.9. The van der Waals surface area contributed by atoms with Gasteiger partial charge in [-0.25, -0.2) is 4.98 Å². The zero-order valence-corrected chi connectivity index (χ0v) is 22.9. The topological polar surface area (TPSA) is 70.3 Å². The van der Waals surface area contributed by atoms with Gasteiger partial charge in [0.2, 0.25) is 0 Å². The lowest BCUT2D eigenvalue weighted by molar-refractivity contribution is 0.277. The van der Waals surface area contributed by atoms with Crippen LogP contribution in [-0.2, 0) is 6.42 Å². The Bertz CT molecular complexity index is 748. The number of H-pyrrole nitrogens is 1. The van der Waals surface area contributed by atoms with E-state index in [1.165, 1.54) is 56.3 Å². The third kappa shape index (κ3) is 15.8. The molecular formula is C27H49N5S. The summed E-state index contributed by atoms with van der Waals surface area (Å²) in [5.74, 6) is 2.95. The number of hydrogen-bond donors (Lipinski definition) is 2. The van der Waals surface area contributed by atoms with Gasteiger partial charge in [0.05, 0.1) is 11.0 Å². The fourth-order valence-electron chi connectivity index (χ4n) is 3.21. The van der Waals surface area contributed by atoms with Gasteiger partial charge in [-0.2, -0.15) is 0 Å². The van der Waals surface area contributed by atoms with Gasteiger partial charge in [-0.3, -0.25) is 10.1 Å². The second-order valence-corrected chi connectivity index (χ2v) is 9.22. The molecule has 0 bridgehead atoms. The number of rotatable bonds is 8. The van der Waals surface area contributed by atoms with Gasteiger partial charge in [0, 0.05) is 24.6 Å². The summed E-state index contributed by atoms with van der Waals surface area (Å²) in [6.45, 7) is 16.7. The quantitative estimate of drug-likeness (QED) is 0.241. The molecule has 2 aromatic rings. The van der Waals surface area contributed by atoms with Crippen molar-refractivity contribution in [1.82, 2.24) is 14.9 Å². The summed E-state index contributed by atoms with van der Waals surface area (Å²) in [6.07, 6.45) is 11.9. The highest BCUT2D eigenvalue weighted by Crippen LogP contribution is 2.16. The van der Waals surface area contributed by atoms with Crippen LogP contribution >= 0.6 is 11.9 Å². The Balaban J connectivity index is 0.000000530. The minimum absolute atomic E-state index is 0.802. The van der Waals surface area contributed by atoms with Crippen molar-refractivity contribution in [2.45, 2.75) is 79.6 Å². The van der Waals surface area contributed by atoms with Crippen LogP contribution in [0.25, 0.3) is 11.0 Å². The van der Waals surface area contributed by atoms with E-state index in [4.69, 9.17) is 5.14 Å². The van der Waals surface area contributed by atoms with Crippen LogP contribution in [0.2, 0.25) is 0 Å². The van der Waals surface area contributed by atoms with E-state index >= 15 is 0 Å². The molecule has 1 aliphatic heterocycles. The average molecular weight is 476 g/mol. The van der Waals surface area contributed by atoms with Crippen LogP contribution in [0.4, 0.5) is 0 Å². The molecule has 5 nitrogen and oxygen atoms in total. The lowest BCUT2D eigenvalue weighted by atomic mass is 10.1. The van der Waals surface area contributed by atoms with E-state index in [9.17, 15) is 0 Å². The molecule has 1 aromatic heterocycles. The highest BCUT2D eigenvalue weighted by molar-refractivity contribution is 7.97. The van der Waals surface area contributed by atoms with E-state index in [0.29, 0.717) is 0 Å². The number of nitrogens with two attached hydrogens (primary N) is 1. The summed E-state index contributed by atoms with van der Waals surface area (Å²) in [5.41, 5.74) is 3.43. The van der Waals surface area contributed by atoms with Crippen LogP contribution in [0.5, 0.6) is 0 Å². The Hall–Kier alpha value is -1.63. The number of piperidine rings is 1. The normalized spacial score (nSPS) is 13.6. The highest BCUT2D eigenvalue weighted by Gasteiger charge is 2.04. The lowest BCUT2D eigenvalue weighted by Crippen LogP contribution is -2.24. The molecule has 188 valence electrons. The van der Waals surface area contributed by atoms with Gasteiger partial charge in [0.25, 0.3) is 0 Å². The lowest BCUT2D eigenvalue weighted by Gasteiger charge is -2.20. The first-order valence-electron chi connectivity index (χ1n) is 12.5. The third-order valence-corrected chi connectivity index (χ3v) is 5.59. The van der Waals surface area contributed by atoms with E-state index < -0.39 is 0 Å². The van der Waals surface area contributed by atoms with Gasteiger partial charge in [-0.05, 0) is 76.7 Å². The Morgan fingerprint density at radius 2 is 1.94 bits per heavy atom. The van der Waals surface area contributed by atoms with Crippen molar-refractivity contribution < 1.29 is 0 Å². The molecule has 1 fully saturated rings. The van der Waals surface area contributed by atoms with Crippen molar-refractivity contribution in [2.24, 2.45) is 16.0 Å². The summed E-state index contributed by atoms with van der Waals surface area (Å²) in [6, 6.07) is 6.21. The molecule has 1 aromatic carbocycles. The number of aliphatic imine (C=N–C) groups is 1. The molecule has 3 rings (SSSR count). The average Bonchev–Trinajstić information content (AvgIpc) is 3.25. The Morgan fingerprint density at radius 1 is 1.24 bits per heavy atom. The maximum Gasteiger partial charge on any atom is 0.107 e. The Kier molecular flexibility index (Phi) is 19.9. The van der Waals surface area contributed by atoms with Gasteiger partial charge in [0.15, 0.2) is 0 Å². The molecule has 1 aliphatic rings.